The topological polar surface area (TPSA) is 84.2 Å². The molecule has 0 saturated carbocycles. The first-order valence-electron chi connectivity index (χ1n) is 10.2. The first-order valence-corrected chi connectivity index (χ1v) is 10.2. The van der Waals surface area contributed by atoms with Crippen molar-refractivity contribution in [2.75, 3.05) is 6.54 Å². The molecule has 0 radical (unpaired) electrons. The highest BCUT2D eigenvalue weighted by atomic mass is 19.4. The molecule has 4 N–H and O–H groups in total. The molecule has 2 atom stereocenters. The molecule has 0 aliphatic carbocycles. The van der Waals surface area contributed by atoms with Crippen LogP contribution in [0.25, 0.3) is 0 Å². The van der Waals surface area contributed by atoms with E-state index in [1.165, 1.54) is 0 Å². The SMILES string of the molecule is CCCCCCCC(N[C@H](CC(N)=O)C(=O)NCCc1ccccc1)C(F)(F)F. The maximum absolute atomic E-state index is 13.4. The standard InChI is InChI=1S/C21H32F3N3O2/c1-2-3-4-5-9-12-18(21(22,23)24)27-17(15-19(25)28)20(29)26-14-13-16-10-7-6-8-11-16/h6-8,10-11,17-18,27H,2-5,9,12-15H2,1H3,(H2,25,28)(H,26,29)/t17-,18?/m1/s1. The molecule has 0 spiro atoms. The molecule has 1 rings (SSSR count). The third-order valence-corrected chi connectivity index (χ3v) is 4.67. The number of nitrogens with two attached hydrogens (primary N) is 1. The molecule has 8 heteroatoms. The minimum atomic E-state index is -4.51. The van der Waals surface area contributed by atoms with Crippen LogP contribution in [0, 0.1) is 0 Å². The van der Waals surface area contributed by atoms with Gasteiger partial charge >= 0.3 is 6.18 Å². The van der Waals surface area contributed by atoms with E-state index in [9.17, 15) is 22.8 Å². The molecule has 164 valence electrons. The summed E-state index contributed by atoms with van der Waals surface area (Å²) in [7, 11) is 0. The van der Waals surface area contributed by atoms with E-state index in [4.69, 9.17) is 5.73 Å². The Balaban J connectivity index is 2.64. The Bertz CT molecular complexity index is 609. The molecule has 0 saturated heterocycles. The van der Waals surface area contributed by atoms with Gasteiger partial charge in [-0.2, -0.15) is 13.2 Å². The monoisotopic (exact) mass is 415 g/mol. The zero-order valence-electron chi connectivity index (χ0n) is 16.9. The number of amides is 2. The summed E-state index contributed by atoms with van der Waals surface area (Å²) in [5, 5.41) is 4.93. The van der Waals surface area contributed by atoms with Gasteiger partial charge in [0.25, 0.3) is 0 Å². The number of nitrogens with one attached hydrogen (secondary N) is 2. The van der Waals surface area contributed by atoms with Crippen molar-refractivity contribution in [2.24, 2.45) is 5.73 Å². The molecule has 0 aromatic heterocycles. The Hall–Kier alpha value is -2.09. The minimum Gasteiger partial charge on any atom is -0.370 e. The smallest absolute Gasteiger partial charge is 0.370 e. The van der Waals surface area contributed by atoms with Crippen molar-refractivity contribution in [1.82, 2.24) is 10.6 Å². The molecule has 1 aromatic carbocycles. The number of hydrogen-bond donors (Lipinski definition) is 3. The van der Waals surface area contributed by atoms with Crippen LogP contribution in [0.2, 0.25) is 0 Å². The van der Waals surface area contributed by atoms with Gasteiger partial charge in [0.05, 0.1) is 12.5 Å². The van der Waals surface area contributed by atoms with Gasteiger partial charge < -0.3 is 11.1 Å². The molecular weight excluding hydrogens is 383 g/mol. The largest absolute Gasteiger partial charge is 0.403 e. The summed E-state index contributed by atoms with van der Waals surface area (Å²) >= 11 is 0. The van der Waals surface area contributed by atoms with Crippen molar-refractivity contribution in [1.29, 1.82) is 0 Å². The molecule has 0 heterocycles. The lowest BCUT2D eigenvalue weighted by molar-refractivity contribution is -0.161. The van der Waals surface area contributed by atoms with Gasteiger partial charge in [0.1, 0.15) is 6.04 Å². The predicted molar refractivity (Wildman–Crippen MR) is 107 cm³/mol. The van der Waals surface area contributed by atoms with Gasteiger partial charge in [-0.1, -0.05) is 69.4 Å². The number of benzene rings is 1. The summed E-state index contributed by atoms with van der Waals surface area (Å²) in [6, 6.07) is 6.21. The Morgan fingerprint density at radius 2 is 1.72 bits per heavy atom. The number of unbranched alkanes of at least 4 members (excludes halogenated alkanes) is 4. The maximum atomic E-state index is 13.4. The molecule has 5 nitrogen and oxygen atoms in total. The van der Waals surface area contributed by atoms with Crippen molar-refractivity contribution in [3.63, 3.8) is 0 Å². The molecule has 1 aromatic rings. The number of carbonyl (C=O) groups excluding carboxylic acids is 2. The van der Waals surface area contributed by atoms with Crippen molar-refractivity contribution >= 4 is 11.8 Å². The Morgan fingerprint density at radius 3 is 2.31 bits per heavy atom. The predicted octanol–water partition coefficient (Wildman–Crippen LogP) is 3.47. The lowest BCUT2D eigenvalue weighted by Crippen LogP contribution is -2.54. The maximum Gasteiger partial charge on any atom is 0.403 e. The van der Waals surface area contributed by atoms with Gasteiger partial charge in [0.15, 0.2) is 0 Å². The Labute approximate surface area is 170 Å². The minimum absolute atomic E-state index is 0.139. The number of rotatable bonds is 14. The van der Waals surface area contributed by atoms with Crippen LogP contribution < -0.4 is 16.4 Å². The summed E-state index contributed by atoms with van der Waals surface area (Å²) < 4.78 is 40.3. The first kappa shape index (κ1) is 24.9. The van der Waals surface area contributed by atoms with Crippen LogP contribution in [0.1, 0.15) is 57.4 Å². The van der Waals surface area contributed by atoms with Crippen LogP contribution in [0.5, 0.6) is 0 Å². The Kier molecular flexibility index (Phi) is 11.3. The van der Waals surface area contributed by atoms with Crippen LogP contribution in [-0.2, 0) is 16.0 Å². The molecule has 0 fully saturated rings. The van der Waals surface area contributed by atoms with E-state index in [2.05, 4.69) is 10.6 Å². The van der Waals surface area contributed by atoms with Crippen LogP contribution in [0.15, 0.2) is 30.3 Å². The highest BCUT2D eigenvalue weighted by Gasteiger charge is 2.41. The summed E-state index contributed by atoms with van der Waals surface area (Å²) in [5.41, 5.74) is 6.14. The number of halogens is 3. The van der Waals surface area contributed by atoms with Crippen LogP contribution in [0.4, 0.5) is 13.2 Å². The molecule has 0 aliphatic rings. The van der Waals surface area contributed by atoms with E-state index in [0.29, 0.717) is 19.3 Å². The number of hydrogen-bond acceptors (Lipinski definition) is 3. The average molecular weight is 416 g/mol. The van der Waals surface area contributed by atoms with Crippen LogP contribution in [-0.4, -0.2) is 36.6 Å². The van der Waals surface area contributed by atoms with Gasteiger partial charge in [0, 0.05) is 6.54 Å². The van der Waals surface area contributed by atoms with Crippen LogP contribution >= 0.6 is 0 Å². The number of alkyl halides is 3. The Morgan fingerprint density at radius 1 is 1.07 bits per heavy atom. The molecule has 29 heavy (non-hydrogen) atoms. The molecule has 0 aliphatic heterocycles. The fourth-order valence-electron chi connectivity index (χ4n) is 3.06. The zero-order valence-corrected chi connectivity index (χ0v) is 16.9. The van der Waals surface area contributed by atoms with E-state index < -0.39 is 36.5 Å². The fourth-order valence-corrected chi connectivity index (χ4v) is 3.06. The number of primary amides is 1. The lowest BCUT2D eigenvalue weighted by atomic mass is 10.0. The second kappa shape index (κ2) is 13.2. The molecular formula is C21H32F3N3O2. The highest BCUT2D eigenvalue weighted by molar-refractivity contribution is 5.87. The third kappa shape index (κ3) is 10.9. The summed E-state index contributed by atoms with van der Waals surface area (Å²) in [6.07, 6.45) is -0.628. The van der Waals surface area contributed by atoms with E-state index in [0.717, 1.165) is 24.8 Å². The zero-order chi connectivity index (χ0) is 21.7. The van der Waals surface area contributed by atoms with Crippen molar-refractivity contribution in [3.8, 4) is 0 Å². The van der Waals surface area contributed by atoms with Gasteiger partial charge in [-0.05, 0) is 18.4 Å². The van der Waals surface area contributed by atoms with E-state index >= 15 is 0 Å². The van der Waals surface area contributed by atoms with Crippen molar-refractivity contribution in [2.45, 2.75) is 76.6 Å². The van der Waals surface area contributed by atoms with Crippen molar-refractivity contribution < 1.29 is 22.8 Å². The fraction of sp³-hybridized carbons (Fsp3) is 0.619. The summed E-state index contributed by atoms with van der Waals surface area (Å²) in [4.78, 5) is 23.7. The highest BCUT2D eigenvalue weighted by Crippen LogP contribution is 2.25. The normalized spacial score (nSPS) is 13.7. The third-order valence-electron chi connectivity index (χ3n) is 4.67. The van der Waals surface area contributed by atoms with Crippen molar-refractivity contribution in [3.05, 3.63) is 35.9 Å². The number of carbonyl (C=O) groups is 2. The second-order valence-corrected chi connectivity index (χ2v) is 7.21. The second-order valence-electron chi connectivity index (χ2n) is 7.21. The molecule has 2 amide bonds. The first-order chi connectivity index (χ1) is 13.7. The average Bonchev–Trinajstić information content (AvgIpc) is 2.65. The van der Waals surface area contributed by atoms with Gasteiger partial charge in [0.2, 0.25) is 11.8 Å². The molecule has 0 bridgehead atoms. The molecule has 1 unspecified atom stereocenters. The summed E-state index contributed by atoms with van der Waals surface area (Å²) in [6.45, 7) is 2.29. The lowest BCUT2D eigenvalue weighted by Gasteiger charge is -2.26. The van der Waals surface area contributed by atoms with Gasteiger partial charge in [-0.25, -0.2) is 0 Å². The van der Waals surface area contributed by atoms with E-state index in [1.54, 1.807) is 0 Å². The van der Waals surface area contributed by atoms with Crippen LogP contribution in [0.3, 0.4) is 0 Å². The van der Waals surface area contributed by atoms with E-state index in [-0.39, 0.29) is 13.0 Å². The summed E-state index contributed by atoms with van der Waals surface area (Å²) in [5.74, 6) is -1.48. The van der Waals surface area contributed by atoms with Gasteiger partial charge in [-0.15, -0.1) is 0 Å². The van der Waals surface area contributed by atoms with Gasteiger partial charge in [-0.3, -0.25) is 14.9 Å². The quantitative estimate of drug-likeness (QED) is 0.407. The van der Waals surface area contributed by atoms with E-state index in [1.807, 2.05) is 37.3 Å².